The van der Waals surface area contributed by atoms with Gasteiger partial charge in [-0.3, -0.25) is 0 Å². The summed E-state index contributed by atoms with van der Waals surface area (Å²) < 4.78 is 5.35. The van der Waals surface area contributed by atoms with Crippen LogP contribution in [-0.2, 0) is 0 Å². The van der Waals surface area contributed by atoms with Crippen LogP contribution in [0.4, 0.5) is 0 Å². The predicted octanol–water partition coefficient (Wildman–Crippen LogP) is 5.43. The van der Waals surface area contributed by atoms with Gasteiger partial charge in [0.25, 0.3) is 0 Å². The van der Waals surface area contributed by atoms with Gasteiger partial charge in [-0.1, -0.05) is 62.9 Å². The molecular weight excluding hydrogens is 244 g/mol. The summed E-state index contributed by atoms with van der Waals surface area (Å²) >= 11 is 0. The molecule has 1 aliphatic rings. The highest BCUT2D eigenvalue weighted by molar-refractivity contribution is 5.95. The first kappa shape index (κ1) is 12.7. The molecule has 0 unspecified atom stereocenters. The zero-order valence-corrected chi connectivity index (χ0v) is 11.9. The van der Waals surface area contributed by atoms with Crippen molar-refractivity contribution in [3.63, 3.8) is 0 Å². The standard InChI is InChI=1S/C19H18O/c1-4-20-16-7-8-17-15(13-16)6-5-14-9-11-19(2,3)12-10-18(14)17/h4-13H,1H2,2-3H3. The Hall–Kier alpha value is -2.28. The Morgan fingerprint density at radius 3 is 2.65 bits per heavy atom. The number of allylic oxidation sites excluding steroid dienone is 2. The third-order valence-electron chi connectivity index (χ3n) is 3.66. The lowest BCUT2D eigenvalue weighted by atomic mass is 9.93. The van der Waals surface area contributed by atoms with Gasteiger partial charge in [0.15, 0.2) is 0 Å². The van der Waals surface area contributed by atoms with Gasteiger partial charge in [-0.25, -0.2) is 0 Å². The molecule has 0 atom stereocenters. The van der Waals surface area contributed by atoms with Crippen molar-refractivity contribution in [2.75, 3.05) is 0 Å². The highest BCUT2D eigenvalue weighted by Crippen LogP contribution is 2.33. The molecular formula is C19H18O. The predicted molar refractivity (Wildman–Crippen MR) is 86.6 cm³/mol. The molecule has 1 aliphatic carbocycles. The number of rotatable bonds is 2. The molecule has 0 saturated carbocycles. The van der Waals surface area contributed by atoms with Crippen molar-refractivity contribution in [3.05, 3.63) is 66.5 Å². The van der Waals surface area contributed by atoms with Crippen LogP contribution in [0.1, 0.15) is 25.0 Å². The van der Waals surface area contributed by atoms with Crippen molar-refractivity contribution in [1.82, 2.24) is 0 Å². The van der Waals surface area contributed by atoms with Crippen molar-refractivity contribution >= 4 is 22.9 Å². The highest BCUT2D eigenvalue weighted by atomic mass is 16.5. The van der Waals surface area contributed by atoms with E-state index in [1.165, 1.54) is 28.2 Å². The Balaban J connectivity index is 2.20. The zero-order chi connectivity index (χ0) is 14.2. The molecule has 2 aromatic carbocycles. The first-order valence-electron chi connectivity index (χ1n) is 6.82. The summed E-state index contributed by atoms with van der Waals surface area (Å²) in [5, 5.41) is 2.43. The summed E-state index contributed by atoms with van der Waals surface area (Å²) in [6.07, 6.45) is 10.4. The molecule has 0 amide bonds. The van der Waals surface area contributed by atoms with E-state index in [4.69, 9.17) is 4.74 Å². The summed E-state index contributed by atoms with van der Waals surface area (Å²) in [4.78, 5) is 0. The van der Waals surface area contributed by atoms with Crippen LogP contribution in [0.25, 0.3) is 22.9 Å². The quantitative estimate of drug-likeness (QED) is 0.656. The number of benzene rings is 2. The Kier molecular flexibility index (Phi) is 2.98. The molecule has 0 spiro atoms. The molecule has 0 bridgehead atoms. The largest absolute Gasteiger partial charge is 0.466 e. The van der Waals surface area contributed by atoms with E-state index >= 15 is 0 Å². The second-order valence-electron chi connectivity index (χ2n) is 5.72. The van der Waals surface area contributed by atoms with Crippen molar-refractivity contribution in [2.45, 2.75) is 13.8 Å². The highest BCUT2D eigenvalue weighted by Gasteiger charge is 2.14. The molecule has 20 heavy (non-hydrogen) atoms. The fourth-order valence-corrected chi connectivity index (χ4v) is 2.51. The van der Waals surface area contributed by atoms with Gasteiger partial charge in [0, 0.05) is 5.41 Å². The average molecular weight is 262 g/mol. The fourth-order valence-electron chi connectivity index (χ4n) is 2.51. The summed E-state index contributed by atoms with van der Waals surface area (Å²) in [6, 6.07) is 10.4. The summed E-state index contributed by atoms with van der Waals surface area (Å²) in [7, 11) is 0. The van der Waals surface area contributed by atoms with Crippen LogP contribution in [0.15, 0.2) is 55.3 Å². The Bertz CT molecular complexity index is 733. The van der Waals surface area contributed by atoms with E-state index in [2.05, 4.69) is 62.9 Å². The maximum absolute atomic E-state index is 5.35. The lowest BCUT2D eigenvalue weighted by molar-refractivity contribution is 0.484. The molecule has 1 heteroatoms. The zero-order valence-electron chi connectivity index (χ0n) is 11.9. The van der Waals surface area contributed by atoms with Crippen LogP contribution in [0, 0.1) is 5.41 Å². The van der Waals surface area contributed by atoms with Gasteiger partial charge >= 0.3 is 0 Å². The van der Waals surface area contributed by atoms with Gasteiger partial charge in [-0.2, -0.15) is 0 Å². The molecule has 0 aromatic heterocycles. The van der Waals surface area contributed by atoms with Crippen molar-refractivity contribution in [1.29, 1.82) is 0 Å². The van der Waals surface area contributed by atoms with Crippen LogP contribution in [0.5, 0.6) is 5.75 Å². The Morgan fingerprint density at radius 1 is 1.05 bits per heavy atom. The molecule has 3 rings (SSSR count). The average Bonchev–Trinajstić information content (AvgIpc) is 2.58. The van der Waals surface area contributed by atoms with Gasteiger partial charge in [0.2, 0.25) is 0 Å². The van der Waals surface area contributed by atoms with E-state index in [0.29, 0.717) is 0 Å². The monoisotopic (exact) mass is 262 g/mol. The number of ether oxygens (including phenoxy) is 1. The normalized spacial score (nSPS) is 15.7. The molecule has 100 valence electrons. The Morgan fingerprint density at radius 2 is 1.85 bits per heavy atom. The van der Waals surface area contributed by atoms with Gasteiger partial charge in [0.1, 0.15) is 5.75 Å². The van der Waals surface area contributed by atoms with Gasteiger partial charge in [-0.15, -0.1) is 0 Å². The van der Waals surface area contributed by atoms with E-state index in [9.17, 15) is 0 Å². The SMILES string of the molecule is C=COc1ccc2c3c(ccc2c1)C=CC(C)(C)C=C3. The van der Waals surface area contributed by atoms with E-state index in [1.54, 1.807) is 0 Å². The molecule has 0 heterocycles. The van der Waals surface area contributed by atoms with Crippen LogP contribution in [0.2, 0.25) is 0 Å². The van der Waals surface area contributed by atoms with Gasteiger partial charge in [0.05, 0.1) is 6.26 Å². The molecule has 0 saturated heterocycles. The van der Waals surface area contributed by atoms with E-state index < -0.39 is 0 Å². The first-order chi connectivity index (χ1) is 9.59. The lowest BCUT2D eigenvalue weighted by Crippen LogP contribution is -1.99. The van der Waals surface area contributed by atoms with Crippen LogP contribution < -0.4 is 4.74 Å². The molecule has 1 nitrogen and oxygen atoms in total. The fraction of sp³-hybridized carbons (Fsp3) is 0.158. The molecule has 0 aliphatic heterocycles. The van der Waals surface area contributed by atoms with Gasteiger partial charge < -0.3 is 4.74 Å². The van der Waals surface area contributed by atoms with E-state index in [1.807, 2.05) is 12.1 Å². The summed E-state index contributed by atoms with van der Waals surface area (Å²) in [6.45, 7) is 8.02. The van der Waals surface area contributed by atoms with Crippen molar-refractivity contribution in [3.8, 4) is 5.75 Å². The maximum atomic E-state index is 5.35. The van der Waals surface area contributed by atoms with Crippen LogP contribution >= 0.6 is 0 Å². The van der Waals surface area contributed by atoms with E-state index in [0.717, 1.165) is 5.75 Å². The minimum Gasteiger partial charge on any atom is -0.466 e. The number of hydrogen-bond donors (Lipinski definition) is 0. The topological polar surface area (TPSA) is 9.23 Å². The lowest BCUT2D eigenvalue weighted by Gasteiger charge is -2.12. The van der Waals surface area contributed by atoms with Gasteiger partial charge in [-0.05, 0) is 34.0 Å². The molecule has 0 N–H and O–H groups in total. The van der Waals surface area contributed by atoms with Crippen LogP contribution in [0.3, 0.4) is 0 Å². The number of hydrogen-bond acceptors (Lipinski definition) is 1. The maximum Gasteiger partial charge on any atom is 0.127 e. The first-order valence-corrected chi connectivity index (χ1v) is 6.82. The molecule has 0 fully saturated rings. The molecule has 2 aromatic rings. The summed E-state index contributed by atoms with van der Waals surface area (Å²) in [5.41, 5.74) is 2.63. The minimum atomic E-state index is 0.0945. The van der Waals surface area contributed by atoms with Crippen LogP contribution in [-0.4, -0.2) is 0 Å². The smallest absolute Gasteiger partial charge is 0.127 e. The summed E-state index contributed by atoms with van der Waals surface area (Å²) in [5.74, 6) is 0.820. The number of fused-ring (bicyclic) bond motifs is 3. The third-order valence-corrected chi connectivity index (χ3v) is 3.66. The van der Waals surface area contributed by atoms with E-state index in [-0.39, 0.29) is 5.41 Å². The Labute approximate surface area is 119 Å². The second kappa shape index (κ2) is 4.68. The van der Waals surface area contributed by atoms with Crippen molar-refractivity contribution in [2.24, 2.45) is 5.41 Å². The molecule has 0 radical (unpaired) electrons. The third kappa shape index (κ3) is 2.27. The second-order valence-corrected chi connectivity index (χ2v) is 5.72. The minimum absolute atomic E-state index is 0.0945. The van der Waals surface area contributed by atoms with Crippen molar-refractivity contribution < 1.29 is 4.74 Å².